The van der Waals surface area contributed by atoms with Gasteiger partial charge in [-0.25, -0.2) is 0 Å². The molecule has 0 aliphatic carbocycles. The number of aryl methyl sites for hydroxylation is 1. The van der Waals surface area contributed by atoms with E-state index in [1.807, 2.05) is 61.5 Å². The molecule has 0 unspecified atom stereocenters. The Bertz CT molecular complexity index is 1180. The number of hydrogen-bond donors (Lipinski definition) is 1. The van der Waals surface area contributed by atoms with E-state index in [4.69, 9.17) is 16.3 Å². The molecule has 0 atom stereocenters. The van der Waals surface area contributed by atoms with Gasteiger partial charge in [-0.05, 0) is 48.7 Å². The lowest BCUT2D eigenvalue weighted by Gasteiger charge is -2.15. The van der Waals surface area contributed by atoms with Crippen LogP contribution in [0.25, 0.3) is 5.57 Å². The fourth-order valence-electron chi connectivity index (χ4n) is 3.62. The first kappa shape index (κ1) is 21.7. The molecular formula is C26H23ClN2O3. The van der Waals surface area contributed by atoms with Crippen LogP contribution in [0, 0.1) is 6.92 Å². The minimum absolute atomic E-state index is 0.267. The van der Waals surface area contributed by atoms with Crippen LogP contribution in [0.3, 0.4) is 0 Å². The van der Waals surface area contributed by atoms with E-state index in [1.165, 1.54) is 4.90 Å². The fourth-order valence-corrected chi connectivity index (χ4v) is 3.75. The Morgan fingerprint density at radius 1 is 0.938 bits per heavy atom. The van der Waals surface area contributed by atoms with Crippen molar-refractivity contribution in [2.75, 3.05) is 19.0 Å². The topological polar surface area (TPSA) is 58.6 Å². The molecule has 162 valence electrons. The smallest absolute Gasteiger partial charge is 0.278 e. The number of rotatable bonds is 7. The molecule has 0 saturated heterocycles. The van der Waals surface area contributed by atoms with Gasteiger partial charge in [0.1, 0.15) is 11.4 Å². The predicted octanol–water partition coefficient (Wildman–Crippen LogP) is 5.09. The normalized spacial score (nSPS) is 13.7. The summed E-state index contributed by atoms with van der Waals surface area (Å²) in [7, 11) is 1.58. The van der Waals surface area contributed by atoms with Gasteiger partial charge in [0.25, 0.3) is 11.8 Å². The van der Waals surface area contributed by atoms with Gasteiger partial charge in [0.15, 0.2) is 0 Å². The van der Waals surface area contributed by atoms with Crippen LogP contribution in [0.1, 0.15) is 16.7 Å². The zero-order valence-electron chi connectivity index (χ0n) is 17.9. The summed E-state index contributed by atoms with van der Waals surface area (Å²) in [6, 6.07) is 22.3. The maximum Gasteiger partial charge on any atom is 0.278 e. The number of halogens is 1. The van der Waals surface area contributed by atoms with Crippen molar-refractivity contribution < 1.29 is 14.3 Å². The van der Waals surface area contributed by atoms with Crippen LogP contribution in [0.15, 0.2) is 78.5 Å². The second-order valence-corrected chi connectivity index (χ2v) is 8.05. The molecule has 1 N–H and O–H groups in total. The van der Waals surface area contributed by atoms with E-state index in [0.717, 1.165) is 11.1 Å². The van der Waals surface area contributed by atoms with Crippen molar-refractivity contribution in [1.29, 1.82) is 0 Å². The molecule has 0 radical (unpaired) electrons. The summed E-state index contributed by atoms with van der Waals surface area (Å²) < 4.78 is 5.28. The lowest BCUT2D eigenvalue weighted by atomic mass is 10.0. The summed E-state index contributed by atoms with van der Waals surface area (Å²) in [6.07, 6.45) is 0.544. The maximum atomic E-state index is 13.4. The number of imide groups is 1. The first-order valence-electron chi connectivity index (χ1n) is 10.3. The number of anilines is 1. The Morgan fingerprint density at radius 3 is 2.34 bits per heavy atom. The molecule has 1 aliphatic heterocycles. The van der Waals surface area contributed by atoms with Gasteiger partial charge in [-0.15, -0.1) is 0 Å². The molecule has 2 amide bonds. The Balaban J connectivity index is 1.65. The number of amides is 2. The average Bonchev–Trinajstić information content (AvgIpc) is 3.03. The fraction of sp³-hybridized carbons (Fsp3) is 0.154. The highest BCUT2D eigenvalue weighted by Gasteiger charge is 2.38. The number of methoxy groups -OCH3 is 1. The third kappa shape index (κ3) is 4.53. The van der Waals surface area contributed by atoms with Crippen LogP contribution < -0.4 is 10.1 Å². The van der Waals surface area contributed by atoms with Crippen molar-refractivity contribution in [3.05, 3.63) is 100 Å². The monoisotopic (exact) mass is 446 g/mol. The Labute approximate surface area is 192 Å². The van der Waals surface area contributed by atoms with Gasteiger partial charge in [-0.1, -0.05) is 59.6 Å². The minimum Gasteiger partial charge on any atom is -0.497 e. The van der Waals surface area contributed by atoms with Crippen LogP contribution in [-0.4, -0.2) is 30.4 Å². The largest absolute Gasteiger partial charge is 0.497 e. The van der Waals surface area contributed by atoms with Gasteiger partial charge < -0.3 is 10.1 Å². The van der Waals surface area contributed by atoms with E-state index in [1.54, 1.807) is 25.3 Å². The molecule has 5 nitrogen and oxygen atoms in total. The quantitative estimate of drug-likeness (QED) is 0.513. The summed E-state index contributed by atoms with van der Waals surface area (Å²) >= 11 is 5.96. The van der Waals surface area contributed by atoms with Crippen LogP contribution >= 0.6 is 11.6 Å². The number of nitrogens with zero attached hydrogens (tertiary/aromatic N) is 1. The zero-order valence-corrected chi connectivity index (χ0v) is 18.6. The molecule has 0 saturated carbocycles. The standard InChI is InChI=1S/C26H23ClN2O3/c1-17-6-10-19(11-7-17)23-24(28-21-4-3-5-22(16-21)32-2)26(31)29(25(23)30)15-14-18-8-12-20(27)13-9-18/h3-13,16,28H,14-15H2,1-2H3. The SMILES string of the molecule is COc1cccc(NC2=C(c3ccc(C)cc3)C(=O)N(CCc3ccc(Cl)cc3)C2=O)c1. The number of carbonyl (C=O) groups excluding carboxylic acids is 2. The predicted molar refractivity (Wildman–Crippen MR) is 127 cm³/mol. The molecule has 0 spiro atoms. The van der Waals surface area contributed by atoms with Crippen LogP contribution in [0.4, 0.5) is 5.69 Å². The number of hydrogen-bond acceptors (Lipinski definition) is 4. The van der Waals surface area contributed by atoms with E-state index in [-0.39, 0.29) is 24.1 Å². The molecule has 0 fully saturated rings. The first-order chi connectivity index (χ1) is 15.5. The third-order valence-corrected chi connectivity index (χ3v) is 5.64. The van der Waals surface area contributed by atoms with Crippen molar-refractivity contribution in [1.82, 2.24) is 4.90 Å². The Morgan fingerprint density at radius 2 is 1.66 bits per heavy atom. The highest BCUT2D eigenvalue weighted by Crippen LogP contribution is 2.31. The van der Waals surface area contributed by atoms with E-state index < -0.39 is 0 Å². The van der Waals surface area contributed by atoms with Crippen molar-refractivity contribution in [3.8, 4) is 5.75 Å². The number of nitrogens with one attached hydrogen (secondary N) is 1. The van der Waals surface area contributed by atoms with Crippen LogP contribution in [0.2, 0.25) is 5.02 Å². The van der Waals surface area contributed by atoms with Gasteiger partial charge >= 0.3 is 0 Å². The molecule has 6 heteroatoms. The number of carbonyl (C=O) groups is 2. The minimum atomic E-state index is -0.345. The van der Waals surface area contributed by atoms with Crippen LogP contribution in [0.5, 0.6) is 5.75 Å². The second-order valence-electron chi connectivity index (χ2n) is 7.61. The van der Waals surface area contributed by atoms with Gasteiger partial charge in [0.2, 0.25) is 0 Å². The summed E-state index contributed by atoms with van der Waals surface area (Å²) in [5, 5.41) is 3.81. The zero-order chi connectivity index (χ0) is 22.7. The van der Waals surface area contributed by atoms with E-state index in [9.17, 15) is 9.59 Å². The van der Waals surface area contributed by atoms with Gasteiger partial charge in [0.05, 0.1) is 12.7 Å². The molecule has 1 heterocycles. The Kier molecular flexibility index (Phi) is 6.28. The summed E-state index contributed by atoms with van der Waals surface area (Å²) in [6.45, 7) is 2.26. The van der Waals surface area contributed by atoms with Gasteiger partial charge in [-0.2, -0.15) is 0 Å². The van der Waals surface area contributed by atoms with E-state index in [0.29, 0.717) is 34.0 Å². The first-order valence-corrected chi connectivity index (χ1v) is 10.7. The lowest BCUT2D eigenvalue weighted by Crippen LogP contribution is -2.34. The van der Waals surface area contributed by atoms with Crippen molar-refractivity contribution in [2.24, 2.45) is 0 Å². The molecule has 1 aliphatic rings. The highest BCUT2D eigenvalue weighted by atomic mass is 35.5. The molecule has 3 aromatic carbocycles. The highest BCUT2D eigenvalue weighted by molar-refractivity contribution is 6.36. The summed E-state index contributed by atoms with van der Waals surface area (Å²) in [4.78, 5) is 28.0. The lowest BCUT2D eigenvalue weighted by molar-refractivity contribution is -0.136. The molecule has 0 bridgehead atoms. The third-order valence-electron chi connectivity index (χ3n) is 5.38. The second kappa shape index (κ2) is 9.28. The number of benzene rings is 3. The molecule has 0 aromatic heterocycles. The Hall–Kier alpha value is -3.57. The van der Waals surface area contributed by atoms with Crippen molar-refractivity contribution in [3.63, 3.8) is 0 Å². The molecule has 32 heavy (non-hydrogen) atoms. The molecular weight excluding hydrogens is 424 g/mol. The maximum absolute atomic E-state index is 13.4. The van der Waals surface area contributed by atoms with Crippen molar-refractivity contribution >= 4 is 34.7 Å². The molecule has 3 aromatic rings. The van der Waals surface area contributed by atoms with Crippen LogP contribution in [-0.2, 0) is 16.0 Å². The number of ether oxygens (including phenoxy) is 1. The average molecular weight is 447 g/mol. The van der Waals surface area contributed by atoms with Crippen molar-refractivity contribution in [2.45, 2.75) is 13.3 Å². The van der Waals surface area contributed by atoms with Gasteiger partial charge in [-0.3, -0.25) is 14.5 Å². The van der Waals surface area contributed by atoms with Gasteiger partial charge in [0, 0.05) is 23.3 Å². The van der Waals surface area contributed by atoms with E-state index >= 15 is 0 Å². The molecule has 4 rings (SSSR count). The summed E-state index contributed by atoms with van der Waals surface area (Å²) in [5.74, 6) is 0.00410. The van der Waals surface area contributed by atoms with E-state index in [2.05, 4.69) is 5.32 Å². The summed E-state index contributed by atoms with van der Waals surface area (Å²) in [5.41, 5.74) is 4.09.